The molecule has 0 aliphatic rings. The first kappa shape index (κ1) is 23.6. The molecule has 0 rings (SSSR count). The van der Waals surface area contributed by atoms with E-state index in [1.54, 1.807) is 27.7 Å². The molecular weight excluding hydrogens is 271 g/mol. The number of hydrogen-bond donors (Lipinski definition) is 2. The van der Waals surface area contributed by atoms with Crippen molar-refractivity contribution in [1.82, 2.24) is 0 Å². The molecule has 0 radical (unpaired) electrons. The third-order valence-corrected chi connectivity index (χ3v) is 0. The van der Waals surface area contributed by atoms with E-state index in [0.29, 0.717) is 0 Å². The van der Waals surface area contributed by atoms with Crippen molar-refractivity contribution in [2.24, 2.45) is 0 Å². The molecule has 74 valence electrons. The molecule has 0 heterocycles. The Labute approximate surface area is 107 Å². The summed E-state index contributed by atoms with van der Waals surface area (Å²) in [6.07, 6.45) is -0.333. The first-order chi connectivity index (χ1) is 4.88. The van der Waals surface area contributed by atoms with Gasteiger partial charge in [-0.1, -0.05) is 0 Å². The molecule has 0 bridgehead atoms. The molecule has 0 amide bonds. The maximum atomic E-state index is 8.06. The topological polar surface area (TPSA) is 40.5 Å². The molecule has 0 aliphatic carbocycles. The Balaban J connectivity index is -0.0000000389. The summed E-state index contributed by atoms with van der Waals surface area (Å²) in [6, 6.07) is 0. The van der Waals surface area contributed by atoms with Crippen LogP contribution in [0.5, 0.6) is 0 Å². The smallest absolute Gasteiger partial charge is 0 e. The molecule has 12 heavy (non-hydrogen) atoms. The van der Waals surface area contributed by atoms with E-state index in [1.807, 2.05) is 0 Å². The largest absolute Gasteiger partial charge is 0 e. The molecule has 0 aromatic rings. The summed E-state index contributed by atoms with van der Waals surface area (Å²) in [5, 5.41) is 16.1. The van der Waals surface area contributed by atoms with Crippen LogP contribution in [0.1, 0.15) is 27.7 Å². The monoisotopic (exact) mass is 286 g/mol. The maximum absolute atomic E-state index is 8.06. The zero-order chi connectivity index (χ0) is 9.86. The van der Waals surface area contributed by atoms with Gasteiger partial charge in [0.05, 0.1) is 0 Å². The van der Waals surface area contributed by atoms with Gasteiger partial charge in [-0.05, 0) is 27.7 Å². The maximum Gasteiger partial charge on any atom is 0 e. The first-order valence-corrected chi connectivity index (χ1v) is 7.50. The Morgan fingerprint density at radius 2 is 0.917 bits per heavy atom. The van der Waals surface area contributed by atoms with E-state index < -0.39 is 17.0 Å². The van der Waals surface area contributed by atoms with Crippen molar-refractivity contribution in [2.75, 3.05) is 0 Å². The van der Waals surface area contributed by atoms with E-state index in [0.717, 1.165) is 0 Å². The fraction of sp³-hybridized carbons (Fsp3) is 1.00. The Hall–Kier alpha value is 1.93. The molecule has 0 saturated carbocycles. The van der Waals surface area contributed by atoms with Gasteiger partial charge in [-0.2, -0.15) is 0 Å². The molecule has 6 heteroatoms. The minimum absolute atomic E-state index is 0. The molecule has 0 unspecified atom stereocenters. The summed E-state index contributed by atoms with van der Waals surface area (Å²) < 4.78 is 0. The predicted octanol–water partition coefficient (Wildman–Crippen LogP) is 2.15. The van der Waals surface area contributed by atoms with Crippen LogP contribution in [-0.4, -0.2) is 22.4 Å². The fourth-order valence-electron chi connectivity index (χ4n) is 0. The Morgan fingerprint density at radius 1 is 0.917 bits per heavy atom. The van der Waals surface area contributed by atoms with Gasteiger partial charge < -0.3 is 10.2 Å². The number of hydrogen-bond acceptors (Lipinski definition) is 2. The Bertz CT molecular complexity index is 45.3. The van der Waals surface area contributed by atoms with E-state index in [4.69, 9.17) is 28.8 Å². The Morgan fingerprint density at radius 3 is 0.917 bits per heavy atom. The van der Waals surface area contributed by atoms with Gasteiger partial charge in [0.2, 0.25) is 0 Å². The summed E-state index contributed by atoms with van der Waals surface area (Å²) in [5.41, 5.74) is 0. The standard InChI is InChI=1S/2C3H8O.2ClH.2Ti/c2*1-3(2)4;;;;/h2*3-4H,1-2H3;2*1H;;/q;;;;;+2/p-2. The van der Waals surface area contributed by atoms with Crippen LogP contribution in [-0.2, 0) is 38.7 Å². The number of halogens is 2. The average molecular weight is 287 g/mol. The number of aliphatic hydroxyl groups is 2. The van der Waals surface area contributed by atoms with Crippen molar-refractivity contribution in [3.8, 4) is 0 Å². The van der Waals surface area contributed by atoms with E-state index in [9.17, 15) is 0 Å². The molecule has 0 spiro atoms. The summed E-state index contributed by atoms with van der Waals surface area (Å²) in [7, 11) is 9.78. The van der Waals surface area contributed by atoms with E-state index >= 15 is 0 Å². The van der Waals surface area contributed by atoms with Crippen molar-refractivity contribution in [3.63, 3.8) is 0 Å². The minimum atomic E-state index is -0.556. The SMILES string of the molecule is CC(C)O.CC(C)O.[Cl][Ti][Cl].[Ti]. The van der Waals surface area contributed by atoms with Crippen molar-refractivity contribution >= 4 is 18.6 Å². The molecule has 0 atom stereocenters. The summed E-state index contributed by atoms with van der Waals surface area (Å²) in [6.45, 7) is 6.89. The van der Waals surface area contributed by atoms with Gasteiger partial charge in [0.15, 0.2) is 0 Å². The van der Waals surface area contributed by atoms with Gasteiger partial charge in [0, 0.05) is 33.9 Å². The molecule has 2 nitrogen and oxygen atoms in total. The van der Waals surface area contributed by atoms with Gasteiger partial charge >= 0.3 is 35.6 Å². The molecule has 0 saturated heterocycles. The van der Waals surface area contributed by atoms with Crippen LogP contribution in [0.25, 0.3) is 0 Å². The van der Waals surface area contributed by atoms with Gasteiger partial charge in [-0.3, -0.25) is 0 Å². The number of rotatable bonds is 0. The molecule has 0 aromatic heterocycles. The third-order valence-electron chi connectivity index (χ3n) is 0. The zero-order valence-corrected chi connectivity index (χ0v) is 12.4. The average Bonchev–Trinajstić information content (AvgIpc) is 1.60. The normalized spacial score (nSPS) is 7.17. The van der Waals surface area contributed by atoms with Gasteiger partial charge in [-0.15, -0.1) is 0 Å². The predicted molar refractivity (Wildman–Crippen MR) is 46.4 cm³/mol. The second-order valence-electron chi connectivity index (χ2n) is 2.26. The summed E-state index contributed by atoms with van der Waals surface area (Å²) >= 11 is -0.556. The van der Waals surface area contributed by atoms with Crippen molar-refractivity contribution in [1.29, 1.82) is 0 Å². The van der Waals surface area contributed by atoms with Gasteiger partial charge in [0.25, 0.3) is 0 Å². The zero-order valence-electron chi connectivity index (χ0n) is 7.81. The van der Waals surface area contributed by atoms with E-state index in [1.165, 1.54) is 0 Å². The minimum Gasteiger partial charge on any atom is 0 e. The van der Waals surface area contributed by atoms with Crippen molar-refractivity contribution < 1.29 is 49.0 Å². The van der Waals surface area contributed by atoms with Crippen LogP contribution in [0.3, 0.4) is 0 Å². The number of aliphatic hydroxyl groups excluding tert-OH is 2. The third kappa shape index (κ3) is 383. The van der Waals surface area contributed by atoms with E-state index in [-0.39, 0.29) is 33.9 Å². The van der Waals surface area contributed by atoms with Crippen LogP contribution in [0.4, 0.5) is 0 Å². The van der Waals surface area contributed by atoms with Crippen LogP contribution >= 0.6 is 18.6 Å². The second-order valence-corrected chi connectivity index (χ2v) is 4.84. The molecular formula is C6H16Cl2O2Ti2. The van der Waals surface area contributed by atoms with Crippen molar-refractivity contribution in [2.45, 2.75) is 39.9 Å². The molecule has 0 aromatic carbocycles. The van der Waals surface area contributed by atoms with Crippen molar-refractivity contribution in [3.05, 3.63) is 0 Å². The molecule has 2 N–H and O–H groups in total. The van der Waals surface area contributed by atoms with Crippen LogP contribution in [0, 0.1) is 0 Å². The van der Waals surface area contributed by atoms with Crippen LogP contribution in [0.15, 0.2) is 0 Å². The fourth-order valence-corrected chi connectivity index (χ4v) is 0. The van der Waals surface area contributed by atoms with Gasteiger partial charge in [-0.25, -0.2) is 0 Å². The van der Waals surface area contributed by atoms with Gasteiger partial charge in [0.1, 0.15) is 0 Å². The molecule has 0 aliphatic heterocycles. The van der Waals surface area contributed by atoms with Crippen LogP contribution < -0.4 is 0 Å². The molecule has 0 fully saturated rings. The van der Waals surface area contributed by atoms with Crippen LogP contribution in [0.2, 0.25) is 0 Å². The van der Waals surface area contributed by atoms with E-state index in [2.05, 4.69) is 0 Å². The summed E-state index contributed by atoms with van der Waals surface area (Å²) in [4.78, 5) is 0. The quantitative estimate of drug-likeness (QED) is 0.670. The first-order valence-electron chi connectivity index (χ1n) is 3.20. The summed E-state index contributed by atoms with van der Waals surface area (Å²) in [5.74, 6) is 0. The second kappa shape index (κ2) is 23.1. The Kier molecular flexibility index (Phi) is 45.4.